The fraction of sp³-hybridized carbons (Fsp3) is 0.429. The van der Waals surface area contributed by atoms with E-state index in [1.165, 1.54) is 6.92 Å². The summed E-state index contributed by atoms with van der Waals surface area (Å²) in [6.07, 6.45) is -0.00634. The van der Waals surface area contributed by atoms with Crippen LogP contribution < -0.4 is 5.32 Å². The topological polar surface area (TPSA) is 55.4 Å². The van der Waals surface area contributed by atoms with Crippen molar-refractivity contribution in [2.75, 3.05) is 0 Å². The van der Waals surface area contributed by atoms with Gasteiger partial charge in [0.25, 0.3) is 0 Å². The van der Waals surface area contributed by atoms with Gasteiger partial charge in [-0.15, -0.1) is 0 Å². The van der Waals surface area contributed by atoms with E-state index in [2.05, 4.69) is 5.32 Å². The lowest BCUT2D eigenvalue weighted by molar-refractivity contribution is -0.148. The Morgan fingerprint density at radius 2 is 1.83 bits per heavy atom. The normalized spacial score (nSPS) is 12.0. The average Bonchev–Trinajstić information content (AvgIpc) is 2.27. The maximum Gasteiger partial charge on any atom is 0.308 e. The van der Waals surface area contributed by atoms with Crippen LogP contribution in [0.1, 0.15) is 38.8 Å². The minimum atomic E-state index is -0.338. The van der Waals surface area contributed by atoms with Crippen LogP contribution in [0.5, 0.6) is 0 Å². The number of carbonyl (C=O) groups excluding carboxylic acids is 2. The standard InChI is InChI=1S/C14H19NO3/c1-10(2)18-14(17)9-13(15-11(3)16)12-7-5-4-6-8-12/h4-8,10,13H,9H2,1-3H3,(H,15,16). The molecule has 98 valence electrons. The van der Waals surface area contributed by atoms with Crippen molar-refractivity contribution in [1.82, 2.24) is 5.32 Å². The Morgan fingerprint density at radius 1 is 1.22 bits per heavy atom. The molecule has 1 rings (SSSR count). The summed E-state index contributed by atoms with van der Waals surface area (Å²) in [5, 5.41) is 2.76. The molecule has 0 saturated carbocycles. The van der Waals surface area contributed by atoms with Crippen molar-refractivity contribution in [2.24, 2.45) is 0 Å². The Balaban J connectivity index is 2.73. The third-order valence-corrected chi connectivity index (χ3v) is 2.32. The molecule has 1 amide bonds. The van der Waals surface area contributed by atoms with Crippen LogP contribution in [-0.4, -0.2) is 18.0 Å². The fourth-order valence-corrected chi connectivity index (χ4v) is 1.66. The highest BCUT2D eigenvalue weighted by atomic mass is 16.5. The van der Waals surface area contributed by atoms with Crippen molar-refractivity contribution < 1.29 is 14.3 Å². The van der Waals surface area contributed by atoms with Gasteiger partial charge in [0.15, 0.2) is 0 Å². The SMILES string of the molecule is CC(=O)NC(CC(=O)OC(C)C)c1ccccc1. The number of nitrogens with one attached hydrogen (secondary N) is 1. The molecule has 0 aromatic heterocycles. The minimum absolute atomic E-state index is 0.141. The van der Waals surface area contributed by atoms with E-state index in [1.54, 1.807) is 13.8 Å². The van der Waals surface area contributed by atoms with E-state index < -0.39 is 0 Å². The van der Waals surface area contributed by atoms with E-state index in [1.807, 2.05) is 30.3 Å². The van der Waals surface area contributed by atoms with Crippen LogP contribution in [0.4, 0.5) is 0 Å². The maximum atomic E-state index is 11.6. The quantitative estimate of drug-likeness (QED) is 0.814. The molecule has 18 heavy (non-hydrogen) atoms. The highest BCUT2D eigenvalue weighted by Crippen LogP contribution is 2.17. The molecule has 1 aromatic rings. The number of hydrogen-bond acceptors (Lipinski definition) is 3. The van der Waals surface area contributed by atoms with E-state index in [9.17, 15) is 9.59 Å². The zero-order chi connectivity index (χ0) is 13.5. The second-order valence-corrected chi connectivity index (χ2v) is 4.41. The predicted octanol–water partition coefficient (Wildman–Crippen LogP) is 2.21. The number of rotatable bonds is 5. The highest BCUT2D eigenvalue weighted by molar-refractivity contribution is 5.76. The van der Waals surface area contributed by atoms with Crippen LogP contribution in [0.2, 0.25) is 0 Å². The largest absolute Gasteiger partial charge is 0.463 e. The minimum Gasteiger partial charge on any atom is -0.463 e. The van der Waals surface area contributed by atoms with Crippen molar-refractivity contribution in [3.05, 3.63) is 35.9 Å². The molecule has 0 bridgehead atoms. The summed E-state index contributed by atoms with van der Waals surface area (Å²) >= 11 is 0. The highest BCUT2D eigenvalue weighted by Gasteiger charge is 2.18. The molecule has 0 heterocycles. The van der Waals surface area contributed by atoms with Crippen LogP contribution in [0.25, 0.3) is 0 Å². The van der Waals surface area contributed by atoms with E-state index >= 15 is 0 Å². The smallest absolute Gasteiger partial charge is 0.308 e. The Morgan fingerprint density at radius 3 is 2.33 bits per heavy atom. The Bertz CT molecular complexity index is 401. The zero-order valence-electron chi connectivity index (χ0n) is 11.0. The molecule has 4 heteroatoms. The number of carbonyl (C=O) groups is 2. The van der Waals surface area contributed by atoms with Crippen molar-refractivity contribution >= 4 is 11.9 Å². The molecule has 0 fully saturated rings. The number of hydrogen-bond donors (Lipinski definition) is 1. The van der Waals surface area contributed by atoms with Gasteiger partial charge in [0.2, 0.25) is 5.91 Å². The van der Waals surface area contributed by atoms with Gasteiger partial charge in [0, 0.05) is 6.92 Å². The number of esters is 1. The molecule has 1 unspecified atom stereocenters. The Kier molecular flexibility index (Phi) is 5.36. The summed E-state index contributed by atoms with van der Waals surface area (Å²) < 4.78 is 5.09. The molecule has 0 saturated heterocycles. The first kappa shape index (κ1) is 14.2. The fourth-order valence-electron chi connectivity index (χ4n) is 1.66. The van der Waals surface area contributed by atoms with Crippen molar-refractivity contribution in [2.45, 2.75) is 39.3 Å². The first-order valence-electron chi connectivity index (χ1n) is 6.00. The molecule has 1 N–H and O–H groups in total. The molecule has 0 radical (unpaired) electrons. The molecule has 0 aliphatic heterocycles. The van der Waals surface area contributed by atoms with Gasteiger partial charge in [-0.25, -0.2) is 0 Å². The lowest BCUT2D eigenvalue weighted by Crippen LogP contribution is -2.29. The molecular formula is C14H19NO3. The van der Waals surface area contributed by atoms with Gasteiger partial charge in [0.1, 0.15) is 0 Å². The van der Waals surface area contributed by atoms with Gasteiger partial charge >= 0.3 is 5.97 Å². The van der Waals surface area contributed by atoms with Crippen molar-refractivity contribution in [3.8, 4) is 0 Å². The maximum absolute atomic E-state index is 11.6. The van der Waals surface area contributed by atoms with E-state index in [-0.39, 0.29) is 30.4 Å². The monoisotopic (exact) mass is 249 g/mol. The second-order valence-electron chi connectivity index (χ2n) is 4.41. The van der Waals surface area contributed by atoms with Crippen LogP contribution in [0.3, 0.4) is 0 Å². The summed E-state index contributed by atoms with van der Waals surface area (Å²) in [7, 11) is 0. The van der Waals surface area contributed by atoms with Crippen molar-refractivity contribution in [1.29, 1.82) is 0 Å². The summed E-state index contributed by atoms with van der Waals surface area (Å²) in [5.41, 5.74) is 0.897. The van der Waals surface area contributed by atoms with Crippen LogP contribution in [-0.2, 0) is 14.3 Å². The number of ether oxygens (including phenoxy) is 1. The third-order valence-electron chi connectivity index (χ3n) is 2.32. The number of benzene rings is 1. The molecule has 0 spiro atoms. The lowest BCUT2D eigenvalue weighted by Gasteiger charge is -2.18. The van der Waals surface area contributed by atoms with Gasteiger partial charge in [-0.1, -0.05) is 30.3 Å². The van der Waals surface area contributed by atoms with Gasteiger partial charge in [-0.2, -0.15) is 0 Å². The van der Waals surface area contributed by atoms with E-state index in [0.717, 1.165) is 5.56 Å². The van der Waals surface area contributed by atoms with Gasteiger partial charge < -0.3 is 10.1 Å². The first-order chi connectivity index (χ1) is 8.49. The molecule has 4 nitrogen and oxygen atoms in total. The molecular weight excluding hydrogens is 230 g/mol. The third kappa shape index (κ3) is 4.99. The lowest BCUT2D eigenvalue weighted by atomic mass is 10.0. The molecule has 0 aliphatic rings. The summed E-state index contributed by atoms with van der Waals surface area (Å²) in [6, 6.07) is 9.05. The second kappa shape index (κ2) is 6.79. The first-order valence-corrected chi connectivity index (χ1v) is 6.00. The molecule has 1 atom stereocenters. The van der Waals surface area contributed by atoms with Crippen LogP contribution in [0.15, 0.2) is 30.3 Å². The number of amides is 1. The average molecular weight is 249 g/mol. The Hall–Kier alpha value is -1.84. The van der Waals surface area contributed by atoms with E-state index in [4.69, 9.17) is 4.74 Å². The van der Waals surface area contributed by atoms with Crippen LogP contribution in [0, 0.1) is 0 Å². The Labute approximate surface area is 107 Å². The van der Waals surface area contributed by atoms with Crippen LogP contribution >= 0.6 is 0 Å². The summed E-state index contributed by atoms with van der Waals surface area (Å²) in [5.74, 6) is -0.478. The van der Waals surface area contributed by atoms with E-state index in [0.29, 0.717) is 0 Å². The zero-order valence-corrected chi connectivity index (χ0v) is 11.0. The summed E-state index contributed by atoms with van der Waals surface area (Å²) in [6.45, 7) is 5.03. The van der Waals surface area contributed by atoms with Gasteiger partial charge in [-0.05, 0) is 19.4 Å². The van der Waals surface area contributed by atoms with Gasteiger partial charge in [-0.3, -0.25) is 9.59 Å². The van der Waals surface area contributed by atoms with Gasteiger partial charge in [0.05, 0.1) is 18.6 Å². The predicted molar refractivity (Wildman–Crippen MR) is 68.8 cm³/mol. The van der Waals surface area contributed by atoms with Crippen molar-refractivity contribution in [3.63, 3.8) is 0 Å². The summed E-state index contributed by atoms with van der Waals surface area (Å²) in [4.78, 5) is 22.8. The molecule has 1 aromatic carbocycles. The molecule has 0 aliphatic carbocycles.